The van der Waals surface area contributed by atoms with Gasteiger partial charge < -0.3 is 11.5 Å². The van der Waals surface area contributed by atoms with Gasteiger partial charge in [0.1, 0.15) is 5.54 Å². The Morgan fingerprint density at radius 1 is 1.35 bits per heavy atom. The van der Waals surface area contributed by atoms with Crippen molar-refractivity contribution in [3.63, 3.8) is 0 Å². The maximum atomic E-state index is 11.8. The first-order chi connectivity index (χ1) is 9.52. The minimum absolute atomic E-state index is 0.444. The van der Waals surface area contributed by atoms with Crippen LogP contribution >= 0.6 is 11.8 Å². The van der Waals surface area contributed by atoms with Crippen molar-refractivity contribution in [3.05, 3.63) is 35.9 Å². The zero-order valence-corrected chi connectivity index (χ0v) is 12.9. The van der Waals surface area contributed by atoms with Crippen molar-refractivity contribution in [2.24, 2.45) is 17.4 Å². The number of carbonyl (C=O) groups excluding carboxylic acids is 1. The van der Waals surface area contributed by atoms with Gasteiger partial charge in [-0.25, -0.2) is 0 Å². The minimum atomic E-state index is -1.06. The Bertz CT molecular complexity index is 451. The average molecular weight is 292 g/mol. The van der Waals surface area contributed by atoms with Gasteiger partial charge in [-0.3, -0.25) is 4.79 Å². The molecule has 3 nitrogen and oxygen atoms in total. The molecule has 1 fully saturated rings. The molecule has 0 spiro atoms. The molecule has 1 amide bonds. The number of hydrogen-bond acceptors (Lipinski definition) is 3. The zero-order chi connectivity index (χ0) is 14.6. The largest absolute Gasteiger partial charge is 0.368 e. The molecular weight excluding hydrogens is 268 g/mol. The van der Waals surface area contributed by atoms with Crippen LogP contribution in [-0.2, 0) is 10.3 Å². The molecule has 4 heteroatoms. The molecule has 1 saturated carbocycles. The summed E-state index contributed by atoms with van der Waals surface area (Å²) in [6.45, 7) is 2.30. The van der Waals surface area contributed by atoms with Gasteiger partial charge in [0.25, 0.3) is 0 Å². The normalized spacial score (nSPS) is 25.9. The summed E-state index contributed by atoms with van der Waals surface area (Å²) in [6.07, 6.45) is 5.03. The number of rotatable bonds is 5. The number of primary amides is 1. The Morgan fingerprint density at radius 2 is 2.05 bits per heavy atom. The van der Waals surface area contributed by atoms with Gasteiger partial charge in [0, 0.05) is 11.0 Å². The summed E-state index contributed by atoms with van der Waals surface area (Å²) < 4.78 is 0. The Morgan fingerprint density at radius 3 is 2.65 bits per heavy atom. The van der Waals surface area contributed by atoms with Crippen molar-refractivity contribution < 1.29 is 4.79 Å². The van der Waals surface area contributed by atoms with Crippen LogP contribution in [0.4, 0.5) is 0 Å². The van der Waals surface area contributed by atoms with E-state index in [0.717, 1.165) is 11.5 Å². The minimum Gasteiger partial charge on any atom is -0.368 e. The average Bonchev–Trinajstić information content (AvgIpc) is 2.45. The molecule has 1 aromatic rings. The Hall–Kier alpha value is -1.00. The van der Waals surface area contributed by atoms with Crippen LogP contribution < -0.4 is 11.5 Å². The third kappa shape index (κ3) is 3.55. The molecule has 1 aliphatic carbocycles. The molecule has 0 bridgehead atoms. The van der Waals surface area contributed by atoms with Crippen LogP contribution in [-0.4, -0.2) is 16.9 Å². The molecule has 0 heterocycles. The first-order valence-corrected chi connectivity index (χ1v) is 8.33. The van der Waals surface area contributed by atoms with Crippen LogP contribution in [0.3, 0.4) is 0 Å². The van der Waals surface area contributed by atoms with Crippen LogP contribution in [0.2, 0.25) is 0 Å². The number of carbonyl (C=O) groups is 1. The van der Waals surface area contributed by atoms with Gasteiger partial charge in [0.15, 0.2) is 0 Å². The number of amides is 1. The standard InChI is InChI=1S/C16H24N2OS/c1-12-6-5-9-14(10-12)20-11-16(18,15(17)19)13-7-3-2-4-8-13/h2-4,7-8,12,14H,5-6,9-11,18H2,1H3,(H2,17,19). The Balaban J connectivity index is 2.04. The highest BCUT2D eigenvalue weighted by molar-refractivity contribution is 8.00. The van der Waals surface area contributed by atoms with Crippen LogP contribution in [0.1, 0.15) is 38.2 Å². The highest BCUT2D eigenvalue weighted by atomic mass is 32.2. The summed E-state index contributed by atoms with van der Waals surface area (Å²) in [5.41, 5.74) is 11.6. The number of benzene rings is 1. The Kier molecular flexibility index (Phi) is 5.11. The summed E-state index contributed by atoms with van der Waals surface area (Å²) in [7, 11) is 0. The van der Waals surface area contributed by atoms with Crippen LogP contribution in [0.5, 0.6) is 0 Å². The van der Waals surface area contributed by atoms with E-state index in [0.29, 0.717) is 11.0 Å². The monoisotopic (exact) mass is 292 g/mol. The molecule has 2 rings (SSSR count). The summed E-state index contributed by atoms with van der Waals surface area (Å²) >= 11 is 1.81. The van der Waals surface area contributed by atoms with Crippen LogP contribution in [0, 0.1) is 5.92 Å². The molecule has 0 aliphatic heterocycles. The van der Waals surface area contributed by atoms with E-state index in [2.05, 4.69) is 6.92 Å². The van der Waals surface area contributed by atoms with Crippen molar-refractivity contribution in [2.45, 2.75) is 43.4 Å². The van der Waals surface area contributed by atoms with E-state index in [-0.39, 0.29) is 0 Å². The maximum absolute atomic E-state index is 11.8. The van der Waals surface area contributed by atoms with Gasteiger partial charge >= 0.3 is 0 Å². The number of hydrogen-bond donors (Lipinski definition) is 2. The third-order valence-corrected chi connectivity index (χ3v) is 5.69. The van der Waals surface area contributed by atoms with Crippen molar-refractivity contribution in [1.82, 2.24) is 0 Å². The molecule has 3 atom stereocenters. The fraction of sp³-hybridized carbons (Fsp3) is 0.562. The second-order valence-corrected chi connectivity index (χ2v) is 7.20. The third-order valence-electron chi connectivity index (χ3n) is 4.16. The maximum Gasteiger partial charge on any atom is 0.242 e. The SMILES string of the molecule is CC1CCCC(SCC(N)(C(N)=O)c2ccccc2)C1. The molecule has 20 heavy (non-hydrogen) atoms. The van der Waals surface area contributed by atoms with Gasteiger partial charge in [0.05, 0.1) is 0 Å². The van der Waals surface area contributed by atoms with E-state index < -0.39 is 11.4 Å². The molecule has 1 aliphatic rings. The van der Waals surface area contributed by atoms with E-state index >= 15 is 0 Å². The molecule has 0 radical (unpaired) electrons. The number of nitrogens with two attached hydrogens (primary N) is 2. The molecule has 0 saturated heterocycles. The molecule has 3 unspecified atom stereocenters. The lowest BCUT2D eigenvalue weighted by molar-refractivity contribution is -0.122. The second kappa shape index (κ2) is 6.64. The molecule has 4 N–H and O–H groups in total. The predicted octanol–water partition coefficient (Wildman–Crippen LogP) is 2.64. The topological polar surface area (TPSA) is 69.1 Å². The van der Waals surface area contributed by atoms with Crippen molar-refractivity contribution in [3.8, 4) is 0 Å². The lowest BCUT2D eigenvalue weighted by atomic mass is 9.90. The van der Waals surface area contributed by atoms with E-state index in [1.807, 2.05) is 30.3 Å². The summed E-state index contributed by atoms with van der Waals surface area (Å²) in [5, 5.41) is 0.602. The summed E-state index contributed by atoms with van der Waals surface area (Å²) in [5.74, 6) is 0.891. The van der Waals surface area contributed by atoms with Gasteiger partial charge in [-0.1, -0.05) is 50.1 Å². The fourth-order valence-corrected chi connectivity index (χ4v) is 4.42. The fourth-order valence-electron chi connectivity index (χ4n) is 2.81. The number of thioether (sulfide) groups is 1. The van der Waals surface area contributed by atoms with Gasteiger partial charge in [-0.2, -0.15) is 11.8 Å². The highest BCUT2D eigenvalue weighted by Crippen LogP contribution is 2.34. The molecule has 110 valence electrons. The van der Waals surface area contributed by atoms with E-state index in [4.69, 9.17) is 11.5 Å². The summed E-state index contributed by atoms with van der Waals surface area (Å²) in [6, 6.07) is 9.48. The van der Waals surface area contributed by atoms with Crippen molar-refractivity contribution in [2.75, 3.05) is 5.75 Å². The highest BCUT2D eigenvalue weighted by Gasteiger charge is 2.35. The van der Waals surface area contributed by atoms with E-state index in [9.17, 15) is 4.79 Å². The lowest BCUT2D eigenvalue weighted by Gasteiger charge is -2.31. The van der Waals surface area contributed by atoms with E-state index in [1.54, 1.807) is 11.8 Å². The van der Waals surface area contributed by atoms with Crippen LogP contribution in [0.25, 0.3) is 0 Å². The smallest absolute Gasteiger partial charge is 0.242 e. The quantitative estimate of drug-likeness (QED) is 0.876. The van der Waals surface area contributed by atoms with Crippen molar-refractivity contribution >= 4 is 17.7 Å². The van der Waals surface area contributed by atoms with Gasteiger partial charge in [0.2, 0.25) is 5.91 Å². The van der Waals surface area contributed by atoms with Gasteiger partial charge in [-0.15, -0.1) is 0 Å². The summed E-state index contributed by atoms with van der Waals surface area (Å²) in [4.78, 5) is 11.8. The first-order valence-electron chi connectivity index (χ1n) is 7.28. The predicted molar refractivity (Wildman–Crippen MR) is 85.4 cm³/mol. The zero-order valence-electron chi connectivity index (χ0n) is 12.0. The van der Waals surface area contributed by atoms with Crippen LogP contribution in [0.15, 0.2) is 30.3 Å². The molecule has 1 aromatic carbocycles. The first kappa shape index (κ1) is 15.4. The van der Waals surface area contributed by atoms with Gasteiger partial charge in [-0.05, 0) is 24.3 Å². The molecular formula is C16H24N2OS. The molecule has 0 aromatic heterocycles. The Labute approximate surface area is 125 Å². The lowest BCUT2D eigenvalue weighted by Crippen LogP contribution is -2.51. The van der Waals surface area contributed by atoms with Crippen molar-refractivity contribution in [1.29, 1.82) is 0 Å². The van der Waals surface area contributed by atoms with E-state index in [1.165, 1.54) is 25.7 Å². The second-order valence-electron chi connectivity index (χ2n) is 5.91.